The Morgan fingerprint density at radius 3 is 2.64 bits per heavy atom. The summed E-state index contributed by atoms with van der Waals surface area (Å²) in [6.45, 7) is 0.919. The van der Waals surface area contributed by atoms with Crippen molar-refractivity contribution >= 4 is 5.69 Å². The summed E-state index contributed by atoms with van der Waals surface area (Å²) in [5.74, 6) is 0. The summed E-state index contributed by atoms with van der Waals surface area (Å²) in [4.78, 5) is 9.71. The topological polar surface area (TPSA) is 41.5 Å². The van der Waals surface area contributed by atoms with E-state index >= 15 is 0 Å². The van der Waals surface area contributed by atoms with Crippen LogP contribution in [0.1, 0.15) is 0 Å². The molecule has 1 aromatic rings. The van der Waals surface area contributed by atoms with Gasteiger partial charge in [0.1, 0.15) is 0 Å². The van der Waals surface area contributed by atoms with Crippen molar-refractivity contribution < 1.29 is 0 Å². The van der Waals surface area contributed by atoms with E-state index in [-0.39, 0.29) is 0 Å². The first-order valence-electron chi connectivity index (χ1n) is 3.51. The van der Waals surface area contributed by atoms with E-state index in [0.717, 1.165) is 5.69 Å². The number of hydrogen-bond donors (Lipinski definition) is 1. The van der Waals surface area contributed by atoms with Crippen molar-refractivity contribution in [3.05, 3.63) is 35.2 Å². The minimum atomic E-state index is 0.314. The molecule has 0 aliphatic rings. The summed E-state index contributed by atoms with van der Waals surface area (Å²) in [6.07, 6.45) is 0. The van der Waals surface area contributed by atoms with Crippen LogP contribution in [0.15, 0.2) is 35.5 Å². The third-order valence-corrected chi connectivity index (χ3v) is 1.31. The summed E-state index contributed by atoms with van der Waals surface area (Å²) >= 11 is 0. The second-order valence-corrected chi connectivity index (χ2v) is 2.15. The molecular formula is C8H10N2O. The number of nitrogens with zero attached hydrogens (tertiary/aromatic N) is 1. The van der Waals surface area contributed by atoms with Gasteiger partial charge < -0.3 is 5.32 Å². The van der Waals surface area contributed by atoms with Gasteiger partial charge in [-0.05, 0) is 12.1 Å². The number of anilines is 1. The first-order chi connectivity index (χ1) is 5.43. The molecule has 1 rings (SSSR count). The van der Waals surface area contributed by atoms with E-state index in [1.165, 1.54) is 0 Å². The molecule has 1 N–H and O–H groups in total. The summed E-state index contributed by atoms with van der Waals surface area (Å²) in [7, 11) is 0. The van der Waals surface area contributed by atoms with Crippen molar-refractivity contribution in [3.8, 4) is 0 Å². The highest BCUT2D eigenvalue weighted by Crippen LogP contribution is 2.03. The first kappa shape index (κ1) is 7.72. The molecule has 0 saturated heterocycles. The van der Waals surface area contributed by atoms with E-state index < -0.39 is 0 Å². The fourth-order valence-corrected chi connectivity index (χ4v) is 0.802. The number of benzene rings is 1. The minimum absolute atomic E-state index is 0.314. The SMILES string of the molecule is O=NCCNc1ccccc1. The van der Waals surface area contributed by atoms with E-state index in [1.807, 2.05) is 30.3 Å². The van der Waals surface area contributed by atoms with Crippen LogP contribution in [0.3, 0.4) is 0 Å². The predicted molar refractivity (Wildman–Crippen MR) is 45.6 cm³/mol. The highest BCUT2D eigenvalue weighted by Gasteiger charge is 1.86. The van der Waals surface area contributed by atoms with Crippen molar-refractivity contribution in [2.24, 2.45) is 5.18 Å². The fourth-order valence-electron chi connectivity index (χ4n) is 0.802. The van der Waals surface area contributed by atoms with Gasteiger partial charge in [-0.25, -0.2) is 0 Å². The highest BCUT2D eigenvalue weighted by atomic mass is 16.3. The molecule has 0 spiro atoms. The summed E-state index contributed by atoms with van der Waals surface area (Å²) in [6, 6.07) is 9.73. The Balaban J connectivity index is 2.33. The molecule has 0 atom stereocenters. The van der Waals surface area contributed by atoms with Gasteiger partial charge in [0.05, 0.1) is 6.54 Å². The molecule has 0 aromatic heterocycles. The van der Waals surface area contributed by atoms with Gasteiger partial charge in [0.2, 0.25) is 0 Å². The lowest BCUT2D eigenvalue weighted by molar-refractivity contribution is 1.01. The van der Waals surface area contributed by atoms with Gasteiger partial charge in [0.25, 0.3) is 0 Å². The molecule has 0 aliphatic heterocycles. The fraction of sp³-hybridized carbons (Fsp3) is 0.250. The Morgan fingerprint density at radius 1 is 1.27 bits per heavy atom. The quantitative estimate of drug-likeness (QED) is 0.525. The van der Waals surface area contributed by atoms with Gasteiger partial charge >= 0.3 is 0 Å². The molecule has 3 nitrogen and oxygen atoms in total. The smallest absolute Gasteiger partial charge is 0.0983 e. The molecule has 1 aromatic carbocycles. The van der Waals surface area contributed by atoms with Crippen LogP contribution in [0.25, 0.3) is 0 Å². The lowest BCUT2D eigenvalue weighted by Gasteiger charge is -2.01. The Morgan fingerprint density at radius 2 is 2.00 bits per heavy atom. The number of rotatable bonds is 4. The van der Waals surface area contributed by atoms with Crippen molar-refractivity contribution in [2.75, 3.05) is 18.4 Å². The average molecular weight is 150 g/mol. The highest BCUT2D eigenvalue weighted by molar-refractivity contribution is 5.42. The average Bonchev–Trinajstić information content (AvgIpc) is 2.07. The number of hydrogen-bond acceptors (Lipinski definition) is 3. The molecule has 0 amide bonds. The van der Waals surface area contributed by atoms with Crippen molar-refractivity contribution in [2.45, 2.75) is 0 Å². The molecule has 0 aliphatic carbocycles. The van der Waals surface area contributed by atoms with Gasteiger partial charge in [-0.15, -0.1) is 0 Å². The molecule has 0 heterocycles. The van der Waals surface area contributed by atoms with E-state index in [1.54, 1.807) is 0 Å². The maximum absolute atomic E-state index is 9.71. The second-order valence-electron chi connectivity index (χ2n) is 2.15. The van der Waals surface area contributed by atoms with E-state index in [4.69, 9.17) is 0 Å². The third-order valence-electron chi connectivity index (χ3n) is 1.31. The molecule has 58 valence electrons. The third kappa shape index (κ3) is 2.80. The van der Waals surface area contributed by atoms with Gasteiger partial charge in [0.15, 0.2) is 0 Å². The molecule has 11 heavy (non-hydrogen) atoms. The van der Waals surface area contributed by atoms with Gasteiger partial charge in [-0.3, -0.25) is 0 Å². The van der Waals surface area contributed by atoms with Crippen LogP contribution < -0.4 is 5.32 Å². The summed E-state index contributed by atoms with van der Waals surface area (Å²) < 4.78 is 0. The molecule has 0 saturated carbocycles. The Hall–Kier alpha value is -1.38. The largest absolute Gasteiger partial charge is 0.383 e. The zero-order valence-electron chi connectivity index (χ0n) is 6.16. The minimum Gasteiger partial charge on any atom is -0.383 e. The van der Waals surface area contributed by atoms with Crippen LogP contribution in [-0.4, -0.2) is 13.1 Å². The monoisotopic (exact) mass is 150 g/mol. The Labute approximate surface area is 65.4 Å². The molecular weight excluding hydrogens is 140 g/mol. The maximum atomic E-state index is 9.71. The molecule has 0 radical (unpaired) electrons. The standard InChI is InChI=1S/C8H10N2O/c11-10-7-6-9-8-4-2-1-3-5-8/h1-5,9H,6-7H2. The van der Waals surface area contributed by atoms with E-state index in [9.17, 15) is 4.91 Å². The van der Waals surface area contributed by atoms with Crippen LogP contribution in [0.5, 0.6) is 0 Å². The van der Waals surface area contributed by atoms with Crippen molar-refractivity contribution in [1.29, 1.82) is 0 Å². The first-order valence-corrected chi connectivity index (χ1v) is 3.51. The zero-order chi connectivity index (χ0) is 7.94. The number of nitrogens with one attached hydrogen (secondary N) is 1. The van der Waals surface area contributed by atoms with Crippen LogP contribution in [0.2, 0.25) is 0 Å². The lowest BCUT2D eigenvalue weighted by atomic mass is 10.3. The summed E-state index contributed by atoms with van der Waals surface area (Å²) in [5.41, 5.74) is 1.02. The number of para-hydroxylation sites is 1. The van der Waals surface area contributed by atoms with Crippen molar-refractivity contribution in [3.63, 3.8) is 0 Å². The van der Waals surface area contributed by atoms with Crippen molar-refractivity contribution in [1.82, 2.24) is 0 Å². The van der Waals surface area contributed by atoms with Crippen LogP contribution in [0, 0.1) is 4.91 Å². The second kappa shape index (κ2) is 4.44. The van der Waals surface area contributed by atoms with E-state index in [0.29, 0.717) is 13.1 Å². The molecule has 3 heteroatoms. The van der Waals surface area contributed by atoms with E-state index in [2.05, 4.69) is 10.5 Å². The van der Waals surface area contributed by atoms with Gasteiger partial charge in [-0.1, -0.05) is 23.4 Å². The lowest BCUT2D eigenvalue weighted by Crippen LogP contribution is -2.03. The predicted octanol–water partition coefficient (Wildman–Crippen LogP) is 1.86. The molecule has 0 fully saturated rings. The number of nitroso groups, excluding NO2 is 1. The van der Waals surface area contributed by atoms with Crippen LogP contribution in [0.4, 0.5) is 5.69 Å². The molecule has 0 unspecified atom stereocenters. The Kier molecular flexibility index (Phi) is 3.12. The van der Waals surface area contributed by atoms with Gasteiger partial charge in [0, 0.05) is 12.2 Å². The van der Waals surface area contributed by atoms with Crippen LogP contribution in [-0.2, 0) is 0 Å². The normalized spacial score (nSPS) is 9.09. The Bertz CT molecular complexity index is 211. The van der Waals surface area contributed by atoms with Gasteiger partial charge in [-0.2, -0.15) is 4.91 Å². The maximum Gasteiger partial charge on any atom is 0.0983 e. The molecule has 0 bridgehead atoms. The zero-order valence-corrected chi connectivity index (χ0v) is 6.16. The van der Waals surface area contributed by atoms with Crippen LogP contribution >= 0.6 is 0 Å². The summed E-state index contributed by atoms with van der Waals surface area (Å²) in [5, 5.41) is 5.79.